The van der Waals surface area contributed by atoms with E-state index in [4.69, 9.17) is 16.3 Å². The zero-order valence-electron chi connectivity index (χ0n) is 10.9. The summed E-state index contributed by atoms with van der Waals surface area (Å²) in [6, 6.07) is 7.30. The Labute approximate surface area is 114 Å². The fourth-order valence-corrected chi connectivity index (χ4v) is 1.84. The molecular weight excluding hydrogens is 250 g/mol. The van der Waals surface area contributed by atoms with Crippen molar-refractivity contribution in [3.8, 4) is 0 Å². The zero-order chi connectivity index (χ0) is 13.2. The van der Waals surface area contributed by atoms with Gasteiger partial charge in [-0.25, -0.2) is 0 Å². The summed E-state index contributed by atoms with van der Waals surface area (Å²) in [6.07, 6.45) is 2.88. The summed E-state index contributed by atoms with van der Waals surface area (Å²) in [5.74, 6) is 0. The predicted octanol–water partition coefficient (Wildman–Crippen LogP) is 2.78. The average Bonchev–Trinajstić information content (AvgIpc) is 2.38. The molecule has 18 heavy (non-hydrogen) atoms. The lowest BCUT2D eigenvalue weighted by Gasteiger charge is -2.12. The van der Waals surface area contributed by atoms with Gasteiger partial charge in [-0.2, -0.15) is 0 Å². The standard InChI is InChI=1S/C14H22ClNO2/c1-18-10-4-2-3-9-16-11-14(17)12-5-7-13(15)8-6-12/h5-8,14,16-17H,2-4,9-11H2,1H3. The normalized spacial score (nSPS) is 12.6. The lowest BCUT2D eigenvalue weighted by atomic mass is 10.1. The highest BCUT2D eigenvalue weighted by Gasteiger charge is 2.06. The van der Waals surface area contributed by atoms with Gasteiger partial charge in [-0.1, -0.05) is 23.7 Å². The third-order valence-corrected chi connectivity index (χ3v) is 3.05. The summed E-state index contributed by atoms with van der Waals surface area (Å²) in [5, 5.41) is 13.9. The van der Waals surface area contributed by atoms with Crippen LogP contribution in [0.1, 0.15) is 30.9 Å². The molecule has 0 spiro atoms. The highest BCUT2D eigenvalue weighted by Crippen LogP contribution is 2.15. The number of hydrogen-bond acceptors (Lipinski definition) is 3. The quantitative estimate of drug-likeness (QED) is 0.679. The molecule has 0 aliphatic heterocycles. The molecule has 0 fully saturated rings. The van der Waals surface area contributed by atoms with E-state index >= 15 is 0 Å². The summed E-state index contributed by atoms with van der Waals surface area (Å²) >= 11 is 5.80. The second-order valence-corrected chi connectivity index (χ2v) is 4.76. The lowest BCUT2D eigenvalue weighted by Crippen LogP contribution is -2.22. The van der Waals surface area contributed by atoms with Crippen molar-refractivity contribution in [1.29, 1.82) is 0 Å². The Morgan fingerprint density at radius 2 is 1.94 bits per heavy atom. The topological polar surface area (TPSA) is 41.5 Å². The van der Waals surface area contributed by atoms with Gasteiger partial charge in [0.05, 0.1) is 6.10 Å². The molecule has 4 heteroatoms. The fraction of sp³-hybridized carbons (Fsp3) is 0.571. The first-order chi connectivity index (χ1) is 8.74. The third kappa shape index (κ3) is 6.36. The molecule has 1 rings (SSSR count). The smallest absolute Gasteiger partial charge is 0.0914 e. The van der Waals surface area contributed by atoms with Crippen LogP contribution < -0.4 is 5.32 Å². The molecule has 1 aromatic carbocycles. The van der Waals surface area contributed by atoms with Crippen molar-refractivity contribution in [2.75, 3.05) is 26.8 Å². The molecule has 2 N–H and O–H groups in total. The summed E-state index contributed by atoms with van der Waals surface area (Å²) < 4.78 is 4.98. The van der Waals surface area contributed by atoms with Gasteiger partial charge in [-0.05, 0) is 43.5 Å². The second kappa shape index (κ2) is 9.34. The highest BCUT2D eigenvalue weighted by molar-refractivity contribution is 6.30. The maximum Gasteiger partial charge on any atom is 0.0914 e. The number of methoxy groups -OCH3 is 1. The molecule has 0 saturated heterocycles. The first-order valence-corrected chi connectivity index (χ1v) is 6.75. The van der Waals surface area contributed by atoms with Gasteiger partial charge >= 0.3 is 0 Å². The van der Waals surface area contributed by atoms with E-state index < -0.39 is 6.10 Å². The van der Waals surface area contributed by atoms with Gasteiger partial charge in [0.1, 0.15) is 0 Å². The number of aliphatic hydroxyl groups excluding tert-OH is 1. The molecule has 3 nitrogen and oxygen atoms in total. The number of aliphatic hydroxyl groups is 1. The van der Waals surface area contributed by atoms with Gasteiger partial charge < -0.3 is 15.2 Å². The first kappa shape index (κ1) is 15.4. The summed E-state index contributed by atoms with van der Waals surface area (Å²) in [4.78, 5) is 0. The Kier molecular flexibility index (Phi) is 8.01. The van der Waals surface area contributed by atoms with E-state index in [1.807, 2.05) is 12.1 Å². The van der Waals surface area contributed by atoms with Crippen molar-refractivity contribution >= 4 is 11.6 Å². The van der Waals surface area contributed by atoms with E-state index in [0.29, 0.717) is 11.6 Å². The number of ether oxygens (including phenoxy) is 1. The van der Waals surface area contributed by atoms with Crippen LogP contribution in [-0.4, -0.2) is 31.9 Å². The van der Waals surface area contributed by atoms with Crippen molar-refractivity contribution in [3.63, 3.8) is 0 Å². The number of nitrogens with one attached hydrogen (secondary N) is 1. The minimum Gasteiger partial charge on any atom is -0.387 e. The maximum atomic E-state index is 9.93. The lowest BCUT2D eigenvalue weighted by molar-refractivity contribution is 0.173. The van der Waals surface area contributed by atoms with E-state index in [1.54, 1.807) is 19.2 Å². The molecule has 0 aliphatic carbocycles. The van der Waals surface area contributed by atoms with Crippen LogP contribution in [0.15, 0.2) is 24.3 Å². The maximum absolute atomic E-state index is 9.93. The van der Waals surface area contributed by atoms with Crippen LogP contribution in [0.3, 0.4) is 0 Å². The summed E-state index contributed by atoms with van der Waals surface area (Å²) in [7, 11) is 1.72. The molecule has 1 aromatic rings. The van der Waals surface area contributed by atoms with Gasteiger partial charge in [0.25, 0.3) is 0 Å². The van der Waals surface area contributed by atoms with E-state index in [9.17, 15) is 5.11 Å². The average molecular weight is 272 g/mol. The molecule has 0 radical (unpaired) electrons. The minimum atomic E-state index is -0.471. The summed E-state index contributed by atoms with van der Waals surface area (Å²) in [6.45, 7) is 2.33. The SMILES string of the molecule is COCCCCCNCC(O)c1ccc(Cl)cc1. The minimum absolute atomic E-state index is 0.471. The number of benzene rings is 1. The van der Waals surface area contributed by atoms with Crippen molar-refractivity contribution in [2.45, 2.75) is 25.4 Å². The molecule has 0 amide bonds. The van der Waals surface area contributed by atoms with Gasteiger partial charge in [0.15, 0.2) is 0 Å². The van der Waals surface area contributed by atoms with E-state index in [-0.39, 0.29) is 0 Å². The predicted molar refractivity (Wildman–Crippen MR) is 75.0 cm³/mol. The Balaban J connectivity index is 2.10. The van der Waals surface area contributed by atoms with Gasteiger partial charge in [-0.15, -0.1) is 0 Å². The molecule has 102 valence electrons. The van der Waals surface area contributed by atoms with Gasteiger partial charge in [-0.3, -0.25) is 0 Å². The zero-order valence-corrected chi connectivity index (χ0v) is 11.6. The Hall–Kier alpha value is -0.610. The van der Waals surface area contributed by atoms with Crippen LogP contribution in [0.5, 0.6) is 0 Å². The van der Waals surface area contributed by atoms with Gasteiger partial charge in [0, 0.05) is 25.3 Å². The molecule has 0 aliphatic rings. The number of hydrogen-bond donors (Lipinski definition) is 2. The van der Waals surface area contributed by atoms with E-state index in [1.165, 1.54) is 0 Å². The largest absolute Gasteiger partial charge is 0.387 e. The van der Waals surface area contributed by atoms with Crippen molar-refractivity contribution in [2.24, 2.45) is 0 Å². The van der Waals surface area contributed by atoms with Gasteiger partial charge in [0.2, 0.25) is 0 Å². The first-order valence-electron chi connectivity index (χ1n) is 6.37. The highest BCUT2D eigenvalue weighted by atomic mass is 35.5. The third-order valence-electron chi connectivity index (χ3n) is 2.79. The summed E-state index contributed by atoms with van der Waals surface area (Å²) in [5.41, 5.74) is 0.895. The molecule has 0 aromatic heterocycles. The van der Waals surface area contributed by atoms with Crippen molar-refractivity contribution in [1.82, 2.24) is 5.32 Å². The number of halogens is 1. The Bertz CT molecular complexity index is 316. The Morgan fingerprint density at radius 3 is 2.61 bits per heavy atom. The fourth-order valence-electron chi connectivity index (χ4n) is 1.71. The number of rotatable bonds is 9. The molecular formula is C14H22ClNO2. The van der Waals surface area contributed by atoms with Crippen LogP contribution in [0.4, 0.5) is 0 Å². The Morgan fingerprint density at radius 1 is 1.22 bits per heavy atom. The molecule has 1 unspecified atom stereocenters. The van der Waals surface area contributed by atoms with Crippen molar-refractivity contribution < 1.29 is 9.84 Å². The van der Waals surface area contributed by atoms with Crippen LogP contribution in [0.2, 0.25) is 5.02 Å². The van der Waals surface area contributed by atoms with Crippen LogP contribution in [0, 0.1) is 0 Å². The molecule has 0 bridgehead atoms. The van der Waals surface area contributed by atoms with Crippen LogP contribution in [-0.2, 0) is 4.74 Å². The molecule has 0 heterocycles. The monoisotopic (exact) mass is 271 g/mol. The second-order valence-electron chi connectivity index (χ2n) is 4.32. The van der Waals surface area contributed by atoms with Crippen LogP contribution >= 0.6 is 11.6 Å². The van der Waals surface area contributed by atoms with E-state index in [0.717, 1.165) is 38.0 Å². The molecule has 1 atom stereocenters. The molecule has 0 saturated carbocycles. The number of unbranched alkanes of at least 4 members (excludes halogenated alkanes) is 2. The van der Waals surface area contributed by atoms with Crippen molar-refractivity contribution in [3.05, 3.63) is 34.9 Å². The van der Waals surface area contributed by atoms with Crippen LogP contribution in [0.25, 0.3) is 0 Å². The van der Waals surface area contributed by atoms with E-state index in [2.05, 4.69) is 5.32 Å².